The van der Waals surface area contributed by atoms with E-state index in [0.717, 1.165) is 22.8 Å². The lowest BCUT2D eigenvalue weighted by molar-refractivity contribution is -0.384. The van der Waals surface area contributed by atoms with Gasteiger partial charge in [-0.25, -0.2) is 0 Å². The van der Waals surface area contributed by atoms with Crippen molar-refractivity contribution in [3.05, 3.63) is 154 Å². The van der Waals surface area contributed by atoms with Crippen molar-refractivity contribution >= 4 is 38.5 Å². The molecule has 0 saturated carbocycles. The highest BCUT2D eigenvalue weighted by molar-refractivity contribution is 7.87. The van der Waals surface area contributed by atoms with Gasteiger partial charge in [0.2, 0.25) is 0 Å². The Bertz CT molecular complexity index is 1940. The standard InChI is InChI=1S/C37H34N2O9S/c40-35(41)27(13-11-23-48-49(46,47)34-20-10-12-26-21-22-31(39(44)45)25-32(26)34)24-33(36(42)43)38-37(28-14-4-1-5-15-28,29-16-6-2-7-17-29)30-18-8-3-9-19-30/h1-10,12,14-22,25,27,33,38H,11,13,23-24H2,(H,40,41)(H,42,43)/t27-,33+/m0/s1. The number of carboxylic acid groups (broad SMARTS) is 2. The lowest BCUT2D eigenvalue weighted by atomic mass is 9.76. The lowest BCUT2D eigenvalue weighted by Crippen LogP contribution is -2.53. The summed E-state index contributed by atoms with van der Waals surface area (Å²) in [4.78, 5) is 35.7. The van der Waals surface area contributed by atoms with E-state index in [1.54, 1.807) is 6.07 Å². The topological polar surface area (TPSA) is 173 Å². The average Bonchev–Trinajstić information content (AvgIpc) is 3.11. The first-order chi connectivity index (χ1) is 23.5. The molecule has 5 rings (SSSR count). The molecule has 0 spiro atoms. The molecule has 11 nitrogen and oxygen atoms in total. The summed E-state index contributed by atoms with van der Waals surface area (Å²) in [7, 11) is -4.38. The largest absolute Gasteiger partial charge is 0.481 e. The van der Waals surface area contributed by atoms with Crippen molar-refractivity contribution in [2.75, 3.05) is 6.61 Å². The van der Waals surface area contributed by atoms with Gasteiger partial charge in [0.05, 0.1) is 23.0 Å². The minimum Gasteiger partial charge on any atom is -0.481 e. The number of hydrogen-bond donors (Lipinski definition) is 3. The van der Waals surface area contributed by atoms with E-state index in [2.05, 4.69) is 5.32 Å². The fourth-order valence-corrected chi connectivity index (χ4v) is 7.20. The number of nitro groups is 1. The molecule has 5 aromatic carbocycles. The number of nitrogens with zero attached hydrogens (tertiary/aromatic N) is 1. The van der Waals surface area contributed by atoms with Gasteiger partial charge in [-0.3, -0.25) is 29.2 Å². The fraction of sp³-hybridized carbons (Fsp3) is 0.189. The number of non-ortho nitro benzene ring substituents is 1. The molecule has 0 aliphatic heterocycles. The molecule has 12 heteroatoms. The van der Waals surface area contributed by atoms with E-state index < -0.39 is 44.5 Å². The number of carboxylic acids is 2. The van der Waals surface area contributed by atoms with E-state index in [0.29, 0.717) is 5.39 Å². The van der Waals surface area contributed by atoms with Crippen molar-refractivity contribution in [1.82, 2.24) is 5.32 Å². The van der Waals surface area contributed by atoms with Crippen molar-refractivity contribution in [3.8, 4) is 0 Å². The molecule has 0 radical (unpaired) electrons. The molecular weight excluding hydrogens is 648 g/mol. The molecule has 0 fully saturated rings. The van der Waals surface area contributed by atoms with Crippen molar-refractivity contribution in [3.63, 3.8) is 0 Å². The quantitative estimate of drug-likeness (QED) is 0.0349. The van der Waals surface area contributed by atoms with Crippen LogP contribution in [0, 0.1) is 16.0 Å². The van der Waals surface area contributed by atoms with Crippen LogP contribution in [0.25, 0.3) is 10.8 Å². The van der Waals surface area contributed by atoms with Crippen LogP contribution >= 0.6 is 0 Å². The summed E-state index contributed by atoms with van der Waals surface area (Å²) in [5.74, 6) is -3.65. The predicted molar refractivity (Wildman–Crippen MR) is 182 cm³/mol. The van der Waals surface area contributed by atoms with E-state index in [1.165, 1.54) is 24.3 Å². The minimum absolute atomic E-state index is 0.0192. The van der Waals surface area contributed by atoms with Crippen LogP contribution in [0.15, 0.2) is 132 Å². The highest BCUT2D eigenvalue weighted by atomic mass is 32.2. The molecule has 0 aliphatic rings. The Morgan fingerprint density at radius 3 is 1.82 bits per heavy atom. The zero-order chi connectivity index (χ0) is 35.0. The van der Waals surface area contributed by atoms with Crippen LogP contribution in [0.4, 0.5) is 5.69 Å². The molecule has 0 amide bonds. The molecule has 0 heterocycles. The number of fused-ring (bicyclic) bond motifs is 1. The van der Waals surface area contributed by atoms with Crippen LogP contribution in [0.2, 0.25) is 0 Å². The van der Waals surface area contributed by atoms with E-state index in [9.17, 15) is 38.3 Å². The third-order valence-electron chi connectivity index (χ3n) is 8.42. The molecular formula is C37H34N2O9S. The molecule has 0 aliphatic carbocycles. The Balaban J connectivity index is 1.37. The average molecular weight is 683 g/mol. The number of nitro benzene ring substituents is 1. The first-order valence-electron chi connectivity index (χ1n) is 15.5. The summed E-state index contributed by atoms with van der Waals surface area (Å²) < 4.78 is 31.5. The van der Waals surface area contributed by atoms with Crippen molar-refractivity contribution < 1.29 is 37.3 Å². The van der Waals surface area contributed by atoms with Gasteiger partial charge in [0.25, 0.3) is 15.8 Å². The predicted octanol–water partition coefficient (Wildman–Crippen LogP) is 6.36. The second-order valence-electron chi connectivity index (χ2n) is 11.5. The second-order valence-corrected chi connectivity index (χ2v) is 13.1. The molecule has 0 unspecified atom stereocenters. The zero-order valence-corrected chi connectivity index (χ0v) is 27.0. The van der Waals surface area contributed by atoms with Gasteiger partial charge in [0.1, 0.15) is 10.9 Å². The Labute approximate surface area is 283 Å². The van der Waals surface area contributed by atoms with E-state index in [4.69, 9.17) is 4.18 Å². The van der Waals surface area contributed by atoms with Crippen molar-refractivity contribution in [2.45, 2.75) is 35.7 Å². The van der Waals surface area contributed by atoms with Gasteiger partial charge < -0.3 is 10.2 Å². The monoisotopic (exact) mass is 682 g/mol. The van der Waals surface area contributed by atoms with E-state index >= 15 is 0 Å². The second kappa shape index (κ2) is 15.2. The molecule has 0 aromatic heterocycles. The highest BCUT2D eigenvalue weighted by Gasteiger charge is 2.41. The van der Waals surface area contributed by atoms with Crippen LogP contribution in [-0.2, 0) is 29.4 Å². The van der Waals surface area contributed by atoms with Crippen LogP contribution in [0.3, 0.4) is 0 Å². The van der Waals surface area contributed by atoms with Gasteiger partial charge in [-0.2, -0.15) is 8.42 Å². The Kier molecular flexibility index (Phi) is 10.8. The van der Waals surface area contributed by atoms with Gasteiger partial charge in [0, 0.05) is 17.5 Å². The number of rotatable bonds is 16. The summed E-state index contributed by atoms with van der Waals surface area (Å²) in [5.41, 5.74) is 0.811. The number of carbonyl (C=O) groups is 2. The van der Waals surface area contributed by atoms with E-state index in [1.807, 2.05) is 91.0 Å². The van der Waals surface area contributed by atoms with Crippen LogP contribution < -0.4 is 5.32 Å². The van der Waals surface area contributed by atoms with Crippen LogP contribution in [0.1, 0.15) is 36.0 Å². The molecule has 252 valence electrons. The SMILES string of the molecule is O=C(O)[C@@H](CCCOS(=O)(=O)c1cccc2ccc([N+](=O)[O-])cc12)C[C@@H](NC(c1ccccc1)(c1ccccc1)c1ccccc1)C(=O)O. The van der Waals surface area contributed by atoms with Crippen molar-refractivity contribution in [1.29, 1.82) is 0 Å². The fourth-order valence-electron chi connectivity index (χ4n) is 6.05. The maximum atomic E-state index is 13.1. The number of hydrogen-bond acceptors (Lipinski definition) is 8. The number of nitrogens with one attached hydrogen (secondary N) is 1. The first-order valence-corrected chi connectivity index (χ1v) is 16.9. The summed E-state index contributed by atoms with van der Waals surface area (Å²) in [6.45, 7) is -0.384. The van der Waals surface area contributed by atoms with Gasteiger partial charge in [-0.15, -0.1) is 0 Å². The maximum Gasteiger partial charge on any atom is 0.320 e. The van der Waals surface area contributed by atoms with Crippen LogP contribution in [0.5, 0.6) is 0 Å². The summed E-state index contributed by atoms with van der Waals surface area (Å²) in [6.07, 6.45) is -0.403. The summed E-state index contributed by atoms with van der Waals surface area (Å²) >= 11 is 0. The number of benzene rings is 5. The maximum absolute atomic E-state index is 13.1. The lowest BCUT2D eigenvalue weighted by Gasteiger charge is -2.39. The normalized spacial score (nSPS) is 13.1. The smallest absolute Gasteiger partial charge is 0.320 e. The van der Waals surface area contributed by atoms with E-state index in [-0.39, 0.29) is 41.8 Å². The van der Waals surface area contributed by atoms with Crippen LogP contribution in [-0.4, -0.2) is 48.1 Å². The van der Waals surface area contributed by atoms with Gasteiger partial charge in [-0.05, 0) is 53.5 Å². The Morgan fingerprint density at radius 1 is 0.776 bits per heavy atom. The zero-order valence-electron chi connectivity index (χ0n) is 26.2. The summed E-state index contributed by atoms with van der Waals surface area (Å²) in [6, 6.07) is 34.9. The molecule has 0 bridgehead atoms. The Hall–Kier alpha value is -5.43. The van der Waals surface area contributed by atoms with Gasteiger partial charge >= 0.3 is 11.9 Å². The third kappa shape index (κ3) is 7.83. The molecule has 2 atom stereocenters. The minimum atomic E-state index is -4.38. The molecule has 3 N–H and O–H groups in total. The third-order valence-corrected chi connectivity index (χ3v) is 9.79. The molecule has 0 saturated heterocycles. The Morgan fingerprint density at radius 2 is 1.33 bits per heavy atom. The first kappa shape index (κ1) is 34.9. The van der Waals surface area contributed by atoms with Crippen molar-refractivity contribution in [2.24, 2.45) is 5.92 Å². The van der Waals surface area contributed by atoms with Gasteiger partial charge in [0.15, 0.2) is 0 Å². The summed E-state index contributed by atoms with van der Waals surface area (Å²) in [5, 5.41) is 35.8. The van der Waals surface area contributed by atoms with Gasteiger partial charge in [-0.1, -0.05) is 103 Å². The molecule has 49 heavy (non-hydrogen) atoms. The molecule has 5 aromatic rings. The number of aliphatic carboxylic acids is 2. The highest BCUT2D eigenvalue weighted by Crippen LogP contribution is 2.38.